The first-order valence-electron chi connectivity index (χ1n) is 7.77. The molecule has 1 aromatic rings. The molecule has 23 heavy (non-hydrogen) atoms. The van der Waals surface area contributed by atoms with Crippen LogP contribution in [0.15, 0.2) is 28.0 Å². The Kier molecular flexibility index (Phi) is 6.76. The molecule has 0 saturated heterocycles. The predicted octanol–water partition coefficient (Wildman–Crippen LogP) is 2.06. The van der Waals surface area contributed by atoms with Crippen LogP contribution in [0.4, 0.5) is 0 Å². The minimum atomic E-state index is -3.70. The van der Waals surface area contributed by atoms with E-state index in [0.29, 0.717) is 31.7 Å². The topological polar surface area (TPSA) is 74.8 Å². The molecular formula is C15H26N2O4S2. The van der Waals surface area contributed by atoms with Crippen LogP contribution in [-0.4, -0.2) is 51.6 Å². The van der Waals surface area contributed by atoms with Gasteiger partial charge in [0.2, 0.25) is 20.0 Å². The third-order valence-electron chi connectivity index (χ3n) is 3.83. The summed E-state index contributed by atoms with van der Waals surface area (Å²) in [4.78, 5) is 0.0620. The van der Waals surface area contributed by atoms with Gasteiger partial charge in [0.15, 0.2) is 0 Å². The molecular weight excluding hydrogens is 336 g/mol. The lowest BCUT2D eigenvalue weighted by Crippen LogP contribution is -2.32. The van der Waals surface area contributed by atoms with Crippen LogP contribution in [0.25, 0.3) is 0 Å². The van der Waals surface area contributed by atoms with Crippen molar-refractivity contribution in [1.82, 2.24) is 8.61 Å². The van der Waals surface area contributed by atoms with Gasteiger partial charge in [0.25, 0.3) is 0 Å². The Morgan fingerprint density at radius 1 is 0.783 bits per heavy atom. The first-order chi connectivity index (χ1) is 10.7. The number of sulfonamides is 2. The first-order valence-corrected chi connectivity index (χ1v) is 10.7. The van der Waals surface area contributed by atoms with Crippen molar-refractivity contribution in [2.24, 2.45) is 0 Å². The fraction of sp³-hybridized carbons (Fsp3) is 0.600. The maximum Gasteiger partial charge on any atom is 0.243 e. The molecule has 0 bridgehead atoms. The summed E-state index contributed by atoms with van der Waals surface area (Å²) >= 11 is 0. The number of benzene rings is 1. The van der Waals surface area contributed by atoms with Crippen molar-refractivity contribution in [1.29, 1.82) is 0 Å². The highest BCUT2D eigenvalue weighted by atomic mass is 32.2. The Morgan fingerprint density at radius 3 is 1.65 bits per heavy atom. The minimum Gasteiger partial charge on any atom is -0.207 e. The van der Waals surface area contributed by atoms with Gasteiger partial charge < -0.3 is 0 Å². The van der Waals surface area contributed by atoms with Crippen LogP contribution < -0.4 is 0 Å². The maximum absolute atomic E-state index is 12.7. The van der Waals surface area contributed by atoms with E-state index in [2.05, 4.69) is 0 Å². The van der Waals surface area contributed by atoms with Gasteiger partial charge >= 0.3 is 0 Å². The van der Waals surface area contributed by atoms with Gasteiger partial charge in [-0.2, -0.15) is 8.61 Å². The SMILES string of the molecule is CCN(CC)S(=O)(=O)c1ccc(C)c(S(=O)(=O)N(CC)CC)c1. The standard InChI is InChI=1S/C15H26N2O4S2/c1-6-16(7-2)22(18,19)14-11-10-13(5)15(12-14)23(20,21)17(8-3)9-4/h10-12H,6-9H2,1-5H3. The second-order valence-electron chi connectivity index (χ2n) is 5.11. The number of aryl methyl sites for hydroxylation is 1. The van der Waals surface area contributed by atoms with Crippen LogP contribution in [0.3, 0.4) is 0 Å². The third kappa shape index (κ3) is 3.93. The molecule has 0 aliphatic heterocycles. The smallest absolute Gasteiger partial charge is 0.207 e. The summed E-state index contributed by atoms with van der Waals surface area (Å²) in [6, 6.07) is 4.29. The van der Waals surface area contributed by atoms with Gasteiger partial charge in [-0.25, -0.2) is 16.8 Å². The summed E-state index contributed by atoms with van der Waals surface area (Å²) in [5.74, 6) is 0. The molecule has 0 aliphatic carbocycles. The molecule has 0 N–H and O–H groups in total. The first kappa shape index (κ1) is 20.1. The highest BCUT2D eigenvalue weighted by Crippen LogP contribution is 2.25. The average Bonchev–Trinajstić information content (AvgIpc) is 2.49. The molecule has 132 valence electrons. The molecule has 1 rings (SSSR count). The molecule has 0 amide bonds. The zero-order valence-electron chi connectivity index (χ0n) is 14.4. The van der Waals surface area contributed by atoms with Crippen LogP contribution in [-0.2, 0) is 20.0 Å². The largest absolute Gasteiger partial charge is 0.243 e. The predicted molar refractivity (Wildman–Crippen MR) is 91.4 cm³/mol. The zero-order chi connectivity index (χ0) is 17.8. The van der Waals surface area contributed by atoms with Crippen LogP contribution in [0.5, 0.6) is 0 Å². The molecule has 0 radical (unpaired) electrons. The minimum absolute atomic E-state index is 0.0116. The maximum atomic E-state index is 12.7. The number of hydrogen-bond donors (Lipinski definition) is 0. The molecule has 0 atom stereocenters. The summed E-state index contributed by atoms with van der Waals surface area (Å²) in [6.07, 6.45) is 0. The highest BCUT2D eigenvalue weighted by molar-refractivity contribution is 7.90. The molecule has 0 saturated carbocycles. The third-order valence-corrected chi connectivity index (χ3v) is 8.06. The van der Waals surface area contributed by atoms with Crippen molar-refractivity contribution in [2.45, 2.75) is 44.4 Å². The molecule has 0 spiro atoms. The Bertz CT molecular complexity index is 735. The lowest BCUT2D eigenvalue weighted by molar-refractivity contribution is 0.443. The molecule has 6 nitrogen and oxygen atoms in total. The van der Waals surface area contributed by atoms with Gasteiger partial charge in [-0.15, -0.1) is 0 Å². The normalized spacial score (nSPS) is 13.0. The van der Waals surface area contributed by atoms with Crippen molar-refractivity contribution in [3.8, 4) is 0 Å². The van der Waals surface area contributed by atoms with Gasteiger partial charge in [-0.3, -0.25) is 0 Å². The van der Waals surface area contributed by atoms with E-state index in [1.165, 1.54) is 20.7 Å². The summed E-state index contributed by atoms with van der Waals surface area (Å²) in [5, 5.41) is 0. The fourth-order valence-corrected chi connectivity index (χ4v) is 5.70. The highest BCUT2D eigenvalue weighted by Gasteiger charge is 2.28. The zero-order valence-corrected chi connectivity index (χ0v) is 16.0. The Hall–Kier alpha value is -0.960. The van der Waals surface area contributed by atoms with Gasteiger partial charge in [0, 0.05) is 26.2 Å². The van der Waals surface area contributed by atoms with Crippen LogP contribution in [0.2, 0.25) is 0 Å². The van der Waals surface area contributed by atoms with Gasteiger partial charge in [-0.1, -0.05) is 33.8 Å². The number of nitrogens with zero attached hydrogens (tertiary/aromatic N) is 2. The molecule has 0 fully saturated rings. The molecule has 0 aliphatic rings. The number of hydrogen-bond acceptors (Lipinski definition) is 4. The van der Waals surface area contributed by atoms with Crippen LogP contribution in [0, 0.1) is 6.92 Å². The van der Waals surface area contributed by atoms with Crippen LogP contribution in [0.1, 0.15) is 33.3 Å². The summed E-state index contributed by atoms with van der Waals surface area (Å²) in [5.41, 5.74) is 0.537. The van der Waals surface area contributed by atoms with Crippen LogP contribution >= 0.6 is 0 Å². The van der Waals surface area contributed by atoms with E-state index >= 15 is 0 Å². The van der Waals surface area contributed by atoms with Crippen molar-refractivity contribution in [2.75, 3.05) is 26.2 Å². The fourth-order valence-electron chi connectivity index (χ4n) is 2.43. The summed E-state index contributed by atoms with van der Waals surface area (Å²) in [7, 11) is -7.39. The molecule has 1 aromatic carbocycles. The lowest BCUT2D eigenvalue weighted by atomic mass is 10.2. The quantitative estimate of drug-likeness (QED) is 0.709. The molecule has 0 aromatic heterocycles. The van der Waals surface area contributed by atoms with E-state index < -0.39 is 20.0 Å². The van der Waals surface area contributed by atoms with Crippen molar-refractivity contribution < 1.29 is 16.8 Å². The second kappa shape index (κ2) is 7.74. The van der Waals surface area contributed by atoms with Crippen molar-refractivity contribution in [3.05, 3.63) is 23.8 Å². The van der Waals surface area contributed by atoms with E-state index in [0.717, 1.165) is 0 Å². The molecule has 0 unspecified atom stereocenters. The molecule has 0 heterocycles. The van der Waals surface area contributed by atoms with E-state index in [1.54, 1.807) is 40.7 Å². The van der Waals surface area contributed by atoms with Gasteiger partial charge in [0.1, 0.15) is 0 Å². The van der Waals surface area contributed by atoms with E-state index in [1.807, 2.05) is 0 Å². The van der Waals surface area contributed by atoms with E-state index in [4.69, 9.17) is 0 Å². The Balaban J connectivity index is 3.51. The summed E-state index contributed by atoms with van der Waals surface area (Å²) < 4.78 is 53.3. The Morgan fingerprint density at radius 2 is 1.22 bits per heavy atom. The molecule has 8 heteroatoms. The lowest BCUT2D eigenvalue weighted by Gasteiger charge is -2.22. The van der Waals surface area contributed by atoms with Crippen molar-refractivity contribution in [3.63, 3.8) is 0 Å². The summed E-state index contributed by atoms with van der Waals surface area (Å²) in [6.45, 7) is 10.0. The van der Waals surface area contributed by atoms with E-state index in [-0.39, 0.29) is 9.79 Å². The van der Waals surface area contributed by atoms with E-state index in [9.17, 15) is 16.8 Å². The monoisotopic (exact) mass is 362 g/mol. The Labute approximate surface area is 140 Å². The van der Waals surface area contributed by atoms with Gasteiger partial charge in [-0.05, 0) is 24.6 Å². The second-order valence-corrected chi connectivity index (χ2v) is 8.95. The average molecular weight is 363 g/mol. The van der Waals surface area contributed by atoms with Crippen molar-refractivity contribution >= 4 is 20.0 Å². The van der Waals surface area contributed by atoms with Gasteiger partial charge in [0.05, 0.1) is 9.79 Å². The number of rotatable bonds is 8.